The topological polar surface area (TPSA) is 38.9 Å². The minimum Gasteiger partial charge on any atom is -0.437 e. The van der Waals surface area contributed by atoms with E-state index in [1.54, 1.807) is 6.33 Å². The number of furan rings is 1. The fourth-order valence-electron chi connectivity index (χ4n) is 3.05. The first kappa shape index (κ1) is 14.6. The zero-order valence-electron chi connectivity index (χ0n) is 13.8. The third kappa shape index (κ3) is 2.38. The molecule has 2 aromatic carbocycles. The molecule has 3 heteroatoms. The Morgan fingerprint density at radius 1 is 0.875 bits per heavy atom. The average molecular weight is 314 g/mol. The highest BCUT2D eigenvalue weighted by molar-refractivity contribution is 6.01. The third-order valence-corrected chi connectivity index (χ3v) is 4.36. The Kier molecular flexibility index (Phi) is 3.62. The highest BCUT2D eigenvalue weighted by Gasteiger charge is 2.20. The van der Waals surface area contributed by atoms with Crippen LogP contribution >= 0.6 is 0 Å². The number of hydrogen-bond donors (Lipinski definition) is 0. The third-order valence-electron chi connectivity index (χ3n) is 4.36. The molecule has 3 nitrogen and oxygen atoms in total. The van der Waals surface area contributed by atoms with E-state index in [9.17, 15) is 0 Å². The van der Waals surface area contributed by atoms with E-state index in [0.717, 1.165) is 40.0 Å². The molecule has 2 aromatic heterocycles. The molecule has 0 fully saturated rings. The van der Waals surface area contributed by atoms with Crippen LogP contribution in [-0.4, -0.2) is 9.97 Å². The number of fused-ring (bicyclic) bond motifs is 1. The Bertz CT molecular complexity index is 986. The molecular formula is C21H18N2O. The number of aromatic nitrogens is 2. The lowest BCUT2D eigenvalue weighted by Crippen LogP contribution is -1.87. The highest BCUT2D eigenvalue weighted by atomic mass is 16.3. The van der Waals surface area contributed by atoms with Gasteiger partial charge in [0.05, 0.1) is 11.1 Å². The summed E-state index contributed by atoms with van der Waals surface area (Å²) < 4.78 is 6.13. The fraction of sp³-hybridized carbons (Fsp3) is 0.143. The Balaban J connectivity index is 2.03. The van der Waals surface area contributed by atoms with Crippen LogP contribution in [0.2, 0.25) is 0 Å². The maximum atomic E-state index is 6.13. The predicted octanol–water partition coefficient (Wildman–Crippen LogP) is 5.43. The molecule has 0 aliphatic heterocycles. The SMILES string of the molecule is CCc1ccc(-c2c(-c3ccccc3)oc3ncnc(C)c23)cc1. The normalized spacial score (nSPS) is 11.1. The highest BCUT2D eigenvalue weighted by Crippen LogP contribution is 2.40. The smallest absolute Gasteiger partial charge is 0.230 e. The van der Waals surface area contributed by atoms with Gasteiger partial charge in [-0.3, -0.25) is 0 Å². The summed E-state index contributed by atoms with van der Waals surface area (Å²) in [6, 6.07) is 18.8. The Morgan fingerprint density at radius 2 is 1.62 bits per heavy atom. The van der Waals surface area contributed by atoms with Crippen molar-refractivity contribution in [3.63, 3.8) is 0 Å². The molecule has 118 valence electrons. The molecule has 0 saturated heterocycles. The van der Waals surface area contributed by atoms with Gasteiger partial charge < -0.3 is 4.42 Å². The zero-order chi connectivity index (χ0) is 16.5. The van der Waals surface area contributed by atoms with E-state index in [4.69, 9.17) is 4.42 Å². The van der Waals surface area contributed by atoms with Gasteiger partial charge in [-0.25, -0.2) is 9.97 Å². The van der Waals surface area contributed by atoms with Crippen molar-refractivity contribution < 1.29 is 4.42 Å². The lowest BCUT2D eigenvalue weighted by molar-refractivity contribution is 0.618. The van der Waals surface area contributed by atoms with E-state index in [2.05, 4.69) is 53.3 Å². The average Bonchev–Trinajstić information content (AvgIpc) is 3.03. The molecule has 2 heterocycles. The van der Waals surface area contributed by atoms with E-state index in [1.165, 1.54) is 5.56 Å². The van der Waals surface area contributed by atoms with Crippen molar-refractivity contribution in [2.24, 2.45) is 0 Å². The largest absolute Gasteiger partial charge is 0.437 e. The van der Waals surface area contributed by atoms with E-state index >= 15 is 0 Å². The first-order valence-electron chi connectivity index (χ1n) is 8.16. The van der Waals surface area contributed by atoms with Crippen molar-refractivity contribution in [1.82, 2.24) is 9.97 Å². The van der Waals surface area contributed by atoms with Crippen LogP contribution in [0.3, 0.4) is 0 Å². The monoisotopic (exact) mass is 314 g/mol. The molecule has 0 N–H and O–H groups in total. The van der Waals surface area contributed by atoms with Gasteiger partial charge in [0.2, 0.25) is 5.71 Å². The second kappa shape index (κ2) is 5.93. The summed E-state index contributed by atoms with van der Waals surface area (Å²) >= 11 is 0. The molecule has 0 aliphatic carbocycles. The summed E-state index contributed by atoms with van der Waals surface area (Å²) in [7, 11) is 0. The molecular weight excluding hydrogens is 296 g/mol. The van der Waals surface area contributed by atoms with Gasteiger partial charge in [-0.1, -0.05) is 61.5 Å². The molecule has 24 heavy (non-hydrogen) atoms. The Labute approximate surface area is 141 Å². The van der Waals surface area contributed by atoms with Gasteiger partial charge in [-0.15, -0.1) is 0 Å². The first-order chi connectivity index (χ1) is 11.8. The Hall–Kier alpha value is -2.94. The molecule has 0 saturated carbocycles. The van der Waals surface area contributed by atoms with E-state index in [-0.39, 0.29) is 0 Å². The fourth-order valence-corrected chi connectivity index (χ4v) is 3.05. The van der Waals surface area contributed by atoms with Gasteiger partial charge in [-0.05, 0) is 24.5 Å². The molecule has 0 aliphatic rings. The predicted molar refractivity (Wildman–Crippen MR) is 96.8 cm³/mol. The second-order valence-electron chi connectivity index (χ2n) is 5.86. The summed E-state index contributed by atoms with van der Waals surface area (Å²) in [5.41, 5.74) is 6.13. The molecule has 4 aromatic rings. The maximum absolute atomic E-state index is 6.13. The molecule has 0 amide bonds. The van der Waals surface area contributed by atoms with Crippen LogP contribution in [0, 0.1) is 6.92 Å². The number of rotatable bonds is 3. The van der Waals surface area contributed by atoms with Gasteiger partial charge in [0.15, 0.2) is 0 Å². The van der Waals surface area contributed by atoms with Gasteiger partial charge in [-0.2, -0.15) is 0 Å². The van der Waals surface area contributed by atoms with Gasteiger partial charge in [0, 0.05) is 11.1 Å². The van der Waals surface area contributed by atoms with Crippen molar-refractivity contribution in [3.8, 4) is 22.5 Å². The van der Waals surface area contributed by atoms with Crippen LogP contribution in [0.4, 0.5) is 0 Å². The summed E-state index contributed by atoms with van der Waals surface area (Å²) in [5, 5.41) is 0.987. The van der Waals surface area contributed by atoms with Crippen LogP contribution in [0.15, 0.2) is 65.3 Å². The van der Waals surface area contributed by atoms with Gasteiger partial charge in [0.1, 0.15) is 12.1 Å². The van der Waals surface area contributed by atoms with E-state index < -0.39 is 0 Å². The number of hydrogen-bond acceptors (Lipinski definition) is 3. The molecule has 0 atom stereocenters. The minimum absolute atomic E-state index is 0.635. The van der Waals surface area contributed by atoms with Crippen LogP contribution in [-0.2, 0) is 6.42 Å². The number of nitrogens with zero attached hydrogens (tertiary/aromatic N) is 2. The molecule has 0 unspecified atom stereocenters. The standard InChI is InChI=1S/C21H18N2O/c1-3-15-9-11-16(12-10-15)19-18-14(2)22-13-23-21(18)24-20(19)17-7-5-4-6-8-17/h4-13H,3H2,1-2H3. The molecule has 4 rings (SSSR count). The Morgan fingerprint density at radius 3 is 2.33 bits per heavy atom. The summed E-state index contributed by atoms with van der Waals surface area (Å²) in [6.07, 6.45) is 2.58. The van der Waals surface area contributed by atoms with Crippen molar-refractivity contribution >= 4 is 11.1 Å². The lowest BCUT2D eigenvalue weighted by Gasteiger charge is -2.06. The molecule has 0 spiro atoms. The molecule has 0 radical (unpaired) electrons. The van der Waals surface area contributed by atoms with Gasteiger partial charge >= 0.3 is 0 Å². The van der Waals surface area contributed by atoms with E-state index in [0.29, 0.717) is 5.71 Å². The van der Waals surface area contributed by atoms with Crippen LogP contribution in [0.1, 0.15) is 18.2 Å². The lowest BCUT2D eigenvalue weighted by atomic mass is 9.97. The number of benzene rings is 2. The van der Waals surface area contributed by atoms with Crippen LogP contribution in [0.5, 0.6) is 0 Å². The summed E-state index contributed by atoms with van der Waals surface area (Å²) in [5.74, 6) is 0.846. The van der Waals surface area contributed by atoms with Crippen molar-refractivity contribution in [2.75, 3.05) is 0 Å². The van der Waals surface area contributed by atoms with Crippen LogP contribution in [0.25, 0.3) is 33.6 Å². The minimum atomic E-state index is 0.635. The van der Waals surface area contributed by atoms with Crippen molar-refractivity contribution in [2.45, 2.75) is 20.3 Å². The van der Waals surface area contributed by atoms with Gasteiger partial charge in [0.25, 0.3) is 0 Å². The quantitative estimate of drug-likeness (QED) is 0.506. The maximum Gasteiger partial charge on any atom is 0.230 e. The van der Waals surface area contributed by atoms with E-state index in [1.807, 2.05) is 25.1 Å². The van der Waals surface area contributed by atoms with Crippen molar-refractivity contribution in [3.05, 3.63) is 72.2 Å². The first-order valence-corrected chi connectivity index (χ1v) is 8.16. The summed E-state index contributed by atoms with van der Waals surface area (Å²) in [4.78, 5) is 8.69. The van der Waals surface area contributed by atoms with Crippen molar-refractivity contribution in [1.29, 1.82) is 0 Å². The zero-order valence-corrected chi connectivity index (χ0v) is 13.8. The molecule has 0 bridgehead atoms. The number of aryl methyl sites for hydroxylation is 2. The van der Waals surface area contributed by atoms with Crippen LogP contribution < -0.4 is 0 Å². The second-order valence-corrected chi connectivity index (χ2v) is 5.86. The summed E-state index contributed by atoms with van der Waals surface area (Å²) in [6.45, 7) is 4.16.